The zero-order valence-corrected chi connectivity index (χ0v) is 19.8. The molecule has 2 aromatic heterocycles. The van der Waals surface area contributed by atoms with Gasteiger partial charge >= 0.3 is 0 Å². The lowest BCUT2D eigenvalue weighted by Gasteiger charge is -2.37. The Kier molecular flexibility index (Phi) is 7.40. The van der Waals surface area contributed by atoms with Gasteiger partial charge in [0.1, 0.15) is 11.7 Å². The summed E-state index contributed by atoms with van der Waals surface area (Å²) in [5, 5.41) is 9.84. The van der Waals surface area contributed by atoms with Crippen molar-refractivity contribution in [2.45, 2.75) is 51.8 Å². The third-order valence-electron chi connectivity index (χ3n) is 6.58. The van der Waals surface area contributed by atoms with Crippen LogP contribution >= 0.6 is 0 Å². The van der Waals surface area contributed by atoms with Gasteiger partial charge < -0.3 is 14.7 Å². The third kappa shape index (κ3) is 5.42. The predicted octanol–water partition coefficient (Wildman–Crippen LogP) is 3.40. The standard InChI is InChI=1S/C26H34N4O3/c1-18-14-30(19(2)17-31)26(32)23-12-21(20-8-4-5-9-20)13-28-25(23)33-24(18)16-29(3)15-22-10-6-7-11-27-22/h6-8,10-13,18-19,24,31H,4-5,9,14-17H2,1-3H3/t18-,19-,24-/m0/s1. The van der Waals surface area contributed by atoms with E-state index in [9.17, 15) is 9.90 Å². The summed E-state index contributed by atoms with van der Waals surface area (Å²) in [6.07, 6.45) is 8.88. The van der Waals surface area contributed by atoms with E-state index in [0.29, 0.717) is 31.1 Å². The van der Waals surface area contributed by atoms with Gasteiger partial charge in [0.2, 0.25) is 5.88 Å². The molecule has 0 radical (unpaired) electrons. The molecule has 3 atom stereocenters. The first-order valence-corrected chi connectivity index (χ1v) is 11.8. The minimum absolute atomic E-state index is 0.0568. The summed E-state index contributed by atoms with van der Waals surface area (Å²) >= 11 is 0. The van der Waals surface area contributed by atoms with Crippen LogP contribution in [0.2, 0.25) is 0 Å². The van der Waals surface area contributed by atoms with Crippen molar-refractivity contribution in [3.63, 3.8) is 0 Å². The number of likely N-dealkylation sites (N-methyl/N-ethyl adjacent to an activating group) is 1. The van der Waals surface area contributed by atoms with Gasteiger partial charge in [-0.2, -0.15) is 0 Å². The smallest absolute Gasteiger partial charge is 0.259 e. The first kappa shape index (κ1) is 23.4. The molecule has 0 spiro atoms. The molecule has 0 unspecified atom stereocenters. The molecule has 3 heterocycles. The van der Waals surface area contributed by atoms with E-state index < -0.39 is 0 Å². The molecule has 0 fully saturated rings. The van der Waals surface area contributed by atoms with E-state index in [2.05, 4.69) is 27.9 Å². The summed E-state index contributed by atoms with van der Waals surface area (Å²) in [6.45, 7) is 5.77. The van der Waals surface area contributed by atoms with Crippen molar-refractivity contribution in [3.8, 4) is 5.88 Å². The lowest BCUT2D eigenvalue weighted by atomic mass is 9.99. The minimum atomic E-state index is -0.285. The average Bonchev–Trinajstić information content (AvgIpc) is 3.36. The first-order chi connectivity index (χ1) is 16.0. The molecular formula is C26H34N4O3. The van der Waals surface area contributed by atoms with Crippen LogP contribution in [-0.2, 0) is 6.54 Å². The molecule has 4 rings (SSSR count). The molecule has 0 bridgehead atoms. The molecule has 7 heteroatoms. The molecule has 2 aliphatic rings. The molecule has 176 valence electrons. The van der Waals surface area contributed by atoms with Gasteiger partial charge in [0.25, 0.3) is 5.91 Å². The van der Waals surface area contributed by atoms with E-state index in [1.54, 1.807) is 11.1 Å². The summed E-state index contributed by atoms with van der Waals surface area (Å²) < 4.78 is 6.40. The number of amides is 1. The SMILES string of the molecule is C[C@H]1CN([C@@H](C)CO)C(=O)c2cc(C3=CCCC3)cnc2O[C@H]1CN(C)Cc1ccccn1. The second kappa shape index (κ2) is 10.4. The number of hydrogen-bond acceptors (Lipinski definition) is 6. The van der Waals surface area contributed by atoms with Crippen LogP contribution in [0.1, 0.15) is 54.7 Å². The Morgan fingerprint density at radius 1 is 1.33 bits per heavy atom. The first-order valence-electron chi connectivity index (χ1n) is 11.8. The molecule has 1 aliphatic carbocycles. The van der Waals surface area contributed by atoms with Crippen molar-refractivity contribution in [2.24, 2.45) is 5.92 Å². The Morgan fingerprint density at radius 2 is 2.18 bits per heavy atom. The number of fused-ring (bicyclic) bond motifs is 1. The van der Waals surface area contributed by atoms with E-state index in [0.717, 1.165) is 30.5 Å². The summed E-state index contributed by atoms with van der Waals surface area (Å²) in [5.74, 6) is 0.299. The summed E-state index contributed by atoms with van der Waals surface area (Å²) in [4.78, 5) is 26.5. The van der Waals surface area contributed by atoms with E-state index >= 15 is 0 Å². The number of nitrogens with zero attached hydrogens (tertiary/aromatic N) is 4. The van der Waals surface area contributed by atoms with Crippen LogP contribution in [0.4, 0.5) is 0 Å². The van der Waals surface area contributed by atoms with Gasteiger partial charge in [-0.1, -0.05) is 19.1 Å². The molecular weight excluding hydrogens is 416 g/mol. The number of ether oxygens (including phenoxy) is 1. The van der Waals surface area contributed by atoms with Crippen LogP contribution in [-0.4, -0.2) is 69.7 Å². The van der Waals surface area contributed by atoms with Crippen molar-refractivity contribution < 1.29 is 14.6 Å². The van der Waals surface area contributed by atoms with E-state index in [1.807, 2.05) is 44.4 Å². The van der Waals surface area contributed by atoms with E-state index in [-0.39, 0.29) is 30.6 Å². The van der Waals surface area contributed by atoms with Crippen molar-refractivity contribution >= 4 is 11.5 Å². The highest BCUT2D eigenvalue weighted by atomic mass is 16.5. The molecule has 0 aromatic carbocycles. The number of aliphatic hydroxyl groups excluding tert-OH is 1. The lowest BCUT2D eigenvalue weighted by Crippen LogP contribution is -2.49. The van der Waals surface area contributed by atoms with Gasteiger partial charge in [-0.15, -0.1) is 0 Å². The molecule has 7 nitrogen and oxygen atoms in total. The van der Waals surface area contributed by atoms with Crippen LogP contribution in [0.5, 0.6) is 5.88 Å². The summed E-state index contributed by atoms with van der Waals surface area (Å²) in [6, 6.07) is 7.55. The van der Waals surface area contributed by atoms with Gasteiger partial charge in [-0.25, -0.2) is 4.98 Å². The second-order valence-electron chi connectivity index (χ2n) is 9.34. The fourth-order valence-electron chi connectivity index (χ4n) is 4.57. The van der Waals surface area contributed by atoms with Crippen LogP contribution in [0.15, 0.2) is 42.7 Å². The lowest BCUT2D eigenvalue weighted by molar-refractivity contribution is 0.0324. The molecule has 1 aliphatic heterocycles. The summed E-state index contributed by atoms with van der Waals surface area (Å²) in [5.41, 5.74) is 3.70. The number of carbonyl (C=O) groups excluding carboxylic acids is 1. The van der Waals surface area contributed by atoms with Crippen molar-refractivity contribution in [1.82, 2.24) is 19.8 Å². The van der Waals surface area contributed by atoms with Crippen molar-refractivity contribution in [2.75, 3.05) is 26.7 Å². The number of aliphatic hydroxyl groups is 1. The van der Waals surface area contributed by atoms with Crippen LogP contribution in [0.3, 0.4) is 0 Å². The largest absolute Gasteiger partial charge is 0.472 e. The Morgan fingerprint density at radius 3 is 2.88 bits per heavy atom. The zero-order valence-electron chi connectivity index (χ0n) is 19.8. The Bertz CT molecular complexity index is 994. The maximum Gasteiger partial charge on any atom is 0.259 e. The molecule has 0 saturated heterocycles. The Hall–Kier alpha value is -2.77. The van der Waals surface area contributed by atoms with E-state index in [1.165, 1.54) is 5.57 Å². The molecule has 0 saturated carbocycles. The average molecular weight is 451 g/mol. The van der Waals surface area contributed by atoms with Crippen LogP contribution in [0, 0.1) is 5.92 Å². The van der Waals surface area contributed by atoms with Gasteiger partial charge in [0.15, 0.2) is 0 Å². The van der Waals surface area contributed by atoms with Crippen LogP contribution < -0.4 is 4.74 Å². The number of carbonyl (C=O) groups is 1. The highest BCUT2D eigenvalue weighted by Crippen LogP contribution is 2.32. The van der Waals surface area contributed by atoms with Crippen molar-refractivity contribution in [3.05, 3.63) is 59.6 Å². The van der Waals surface area contributed by atoms with E-state index in [4.69, 9.17) is 4.74 Å². The molecule has 1 N–H and O–H groups in total. The number of pyridine rings is 2. The maximum absolute atomic E-state index is 13.5. The quantitative estimate of drug-likeness (QED) is 0.697. The predicted molar refractivity (Wildman–Crippen MR) is 128 cm³/mol. The number of allylic oxidation sites excluding steroid dienone is 2. The van der Waals surface area contributed by atoms with Crippen LogP contribution in [0.25, 0.3) is 5.57 Å². The van der Waals surface area contributed by atoms with Gasteiger partial charge in [0, 0.05) is 37.9 Å². The number of aromatic nitrogens is 2. The highest BCUT2D eigenvalue weighted by Gasteiger charge is 2.34. The third-order valence-corrected chi connectivity index (χ3v) is 6.58. The Balaban J connectivity index is 1.62. The fourth-order valence-corrected chi connectivity index (χ4v) is 4.57. The molecule has 33 heavy (non-hydrogen) atoms. The Labute approximate surface area is 196 Å². The van der Waals surface area contributed by atoms with Gasteiger partial charge in [0.05, 0.1) is 18.3 Å². The minimum Gasteiger partial charge on any atom is -0.472 e. The molecule has 2 aromatic rings. The zero-order chi connectivity index (χ0) is 23.4. The maximum atomic E-state index is 13.5. The highest BCUT2D eigenvalue weighted by molar-refractivity contribution is 5.97. The topological polar surface area (TPSA) is 78.8 Å². The van der Waals surface area contributed by atoms with Crippen molar-refractivity contribution in [1.29, 1.82) is 0 Å². The van der Waals surface area contributed by atoms with Gasteiger partial charge in [-0.05, 0) is 62.6 Å². The van der Waals surface area contributed by atoms with Gasteiger partial charge in [-0.3, -0.25) is 14.7 Å². The summed E-state index contributed by atoms with van der Waals surface area (Å²) in [7, 11) is 2.05. The molecule has 1 amide bonds. The normalized spacial score (nSPS) is 21.8. The second-order valence-corrected chi connectivity index (χ2v) is 9.34. The fraction of sp³-hybridized carbons (Fsp3) is 0.500. The number of rotatable bonds is 7. The number of hydrogen-bond donors (Lipinski definition) is 1. The monoisotopic (exact) mass is 450 g/mol.